The Morgan fingerprint density at radius 2 is 1.15 bits per heavy atom. The Labute approximate surface area is 312 Å². The molecule has 1 aliphatic carbocycles. The van der Waals surface area contributed by atoms with Gasteiger partial charge in [0.05, 0.1) is 11.2 Å². The second-order valence-corrected chi connectivity index (χ2v) is 13.1. The fourth-order valence-electron chi connectivity index (χ4n) is 7.65. The number of nitrogens with zero attached hydrogens (tertiary/aromatic N) is 2. The zero-order valence-electron chi connectivity index (χ0n) is 30.5. The van der Waals surface area contributed by atoms with Crippen molar-refractivity contribution >= 4 is 38.5 Å². The van der Waals surface area contributed by atoms with Crippen molar-refractivity contribution in [2.45, 2.75) is 27.2 Å². The van der Waals surface area contributed by atoms with Crippen LogP contribution in [0.3, 0.4) is 0 Å². The van der Waals surface area contributed by atoms with Crippen LogP contribution in [0.1, 0.15) is 31.5 Å². The maximum atomic E-state index is 5.11. The normalized spacial score (nSPS) is 12.6. The molecule has 1 aliphatic rings. The van der Waals surface area contributed by atoms with Crippen molar-refractivity contribution in [3.05, 3.63) is 199 Å². The summed E-state index contributed by atoms with van der Waals surface area (Å²) in [6, 6.07) is 50.1. The molecule has 0 bridgehead atoms. The highest BCUT2D eigenvalue weighted by atomic mass is 15.0. The molecule has 6 aromatic carbocycles. The van der Waals surface area contributed by atoms with E-state index in [1.165, 1.54) is 66.0 Å². The van der Waals surface area contributed by atoms with Crippen LogP contribution in [0, 0.1) is 6.92 Å². The Bertz CT molecular complexity index is 2630. The first-order chi connectivity index (χ1) is 26.2. The molecule has 0 aliphatic heterocycles. The van der Waals surface area contributed by atoms with Crippen LogP contribution in [0.15, 0.2) is 188 Å². The van der Waals surface area contributed by atoms with Gasteiger partial charge in [-0.1, -0.05) is 159 Å². The van der Waals surface area contributed by atoms with Gasteiger partial charge >= 0.3 is 0 Å². The van der Waals surface area contributed by atoms with Crippen LogP contribution in [-0.2, 0) is 0 Å². The largest absolute Gasteiger partial charge is 0.310 e. The summed E-state index contributed by atoms with van der Waals surface area (Å²) in [4.78, 5) is 5.11. The number of para-hydroxylation sites is 1. The second-order valence-electron chi connectivity index (χ2n) is 13.1. The van der Waals surface area contributed by atoms with E-state index in [1.54, 1.807) is 0 Å². The van der Waals surface area contributed by atoms with Gasteiger partial charge in [0.2, 0.25) is 0 Å². The Balaban J connectivity index is 0.00000197. The van der Waals surface area contributed by atoms with Crippen LogP contribution in [0.25, 0.3) is 77.7 Å². The zero-order chi connectivity index (χ0) is 36.1. The first kappa shape index (κ1) is 33.6. The maximum Gasteiger partial charge on any atom is 0.0702 e. The summed E-state index contributed by atoms with van der Waals surface area (Å²) >= 11 is 0. The van der Waals surface area contributed by atoms with Crippen LogP contribution in [-0.4, -0.2) is 9.55 Å². The Kier molecular flexibility index (Phi) is 9.51. The quantitative estimate of drug-likeness (QED) is 0.160. The molecule has 2 nitrogen and oxygen atoms in total. The maximum absolute atomic E-state index is 5.11. The van der Waals surface area contributed by atoms with Gasteiger partial charge in [0.15, 0.2) is 0 Å². The summed E-state index contributed by atoms with van der Waals surface area (Å²) < 4.78 is 2.37. The predicted octanol–water partition coefficient (Wildman–Crippen LogP) is 14.1. The van der Waals surface area contributed by atoms with Crippen LogP contribution >= 0.6 is 0 Å². The Morgan fingerprint density at radius 1 is 0.547 bits per heavy atom. The molecule has 0 N–H and O–H groups in total. The fraction of sp³-hybridized carbons (Fsp3) is 0.0784. The minimum Gasteiger partial charge on any atom is -0.310 e. The lowest BCUT2D eigenvalue weighted by Gasteiger charge is -2.17. The van der Waals surface area contributed by atoms with E-state index in [0.717, 1.165) is 28.9 Å². The van der Waals surface area contributed by atoms with E-state index < -0.39 is 0 Å². The van der Waals surface area contributed by atoms with E-state index in [2.05, 4.69) is 200 Å². The second kappa shape index (κ2) is 15.0. The average Bonchev–Trinajstić information content (AvgIpc) is 3.34. The number of hydrogen-bond acceptors (Lipinski definition) is 1. The molecule has 0 spiro atoms. The summed E-state index contributed by atoms with van der Waals surface area (Å²) in [5, 5.41) is 6.19. The molecule has 2 heterocycles. The molecule has 9 rings (SSSR count). The molecule has 2 heteroatoms. The molecule has 0 fully saturated rings. The number of aryl methyl sites for hydroxylation is 1. The van der Waals surface area contributed by atoms with Gasteiger partial charge in [0, 0.05) is 34.1 Å². The van der Waals surface area contributed by atoms with E-state index in [9.17, 15) is 0 Å². The SMILES string of the molecule is CC.Cc1c(/C=C\C2=CC=CC=CC2)n(-c2ccccc2)c2ccc(-c3ccc(-c4c5ccccc5c(-c5ccccc5)c5ccccc45)cn3)cc12. The standard InChI is InChI=1S/C49H36N2.C2H6/c1-34-44-32-37(28-31-47(44)51(39-20-10-5-11-21-39)46(34)30-26-35-16-6-2-3-7-17-35)45-29-27-38(33-50-45)49-42-24-14-12-22-40(42)48(36-18-8-4-9-19-36)41-23-13-15-25-43(41)49;1-2/h2-16,18-33H,17H2,1H3;1-2H3/b30-26-;. The van der Waals surface area contributed by atoms with E-state index >= 15 is 0 Å². The van der Waals surface area contributed by atoms with Crippen LogP contribution < -0.4 is 0 Å². The summed E-state index contributed by atoms with van der Waals surface area (Å²) in [5.41, 5.74) is 13.0. The summed E-state index contributed by atoms with van der Waals surface area (Å²) in [5.74, 6) is 0. The monoisotopic (exact) mass is 682 g/mol. The average molecular weight is 683 g/mol. The first-order valence-electron chi connectivity index (χ1n) is 18.6. The molecule has 0 amide bonds. The fourth-order valence-corrected chi connectivity index (χ4v) is 7.65. The Hall–Kier alpha value is -6.51. The summed E-state index contributed by atoms with van der Waals surface area (Å²) in [7, 11) is 0. The highest BCUT2D eigenvalue weighted by Gasteiger charge is 2.18. The number of rotatable bonds is 6. The molecule has 2 aromatic heterocycles. The molecular formula is C51H42N2. The van der Waals surface area contributed by atoms with E-state index in [4.69, 9.17) is 4.98 Å². The number of hydrogen-bond donors (Lipinski definition) is 0. The number of fused-ring (bicyclic) bond motifs is 3. The lowest BCUT2D eigenvalue weighted by Crippen LogP contribution is -1.96. The van der Waals surface area contributed by atoms with E-state index in [1.807, 2.05) is 13.8 Å². The molecular weight excluding hydrogens is 641 g/mol. The highest BCUT2D eigenvalue weighted by molar-refractivity contribution is 6.21. The van der Waals surface area contributed by atoms with Crippen LogP contribution in [0.5, 0.6) is 0 Å². The zero-order valence-corrected chi connectivity index (χ0v) is 30.5. The van der Waals surface area contributed by atoms with Crippen molar-refractivity contribution in [1.82, 2.24) is 9.55 Å². The van der Waals surface area contributed by atoms with Gasteiger partial charge in [-0.25, -0.2) is 0 Å². The number of pyridine rings is 1. The number of allylic oxidation sites excluding steroid dienone is 7. The topological polar surface area (TPSA) is 17.8 Å². The van der Waals surface area contributed by atoms with Gasteiger partial charge in [-0.05, 0) is 99.1 Å². The molecule has 53 heavy (non-hydrogen) atoms. The minimum atomic E-state index is 0.919. The van der Waals surface area contributed by atoms with Crippen LogP contribution in [0.4, 0.5) is 0 Å². The van der Waals surface area contributed by atoms with Gasteiger partial charge in [-0.15, -0.1) is 0 Å². The van der Waals surface area contributed by atoms with Crippen molar-refractivity contribution in [2.24, 2.45) is 0 Å². The lowest BCUT2D eigenvalue weighted by atomic mass is 9.86. The van der Waals surface area contributed by atoms with Gasteiger partial charge in [0.25, 0.3) is 0 Å². The predicted molar refractivity (Wildman–Crippen MR) is 228 cm³/mol. The molecule has 0 radical (unpaired) electrons. The van der Waals surface area contributed by atoms with Crippen molar-refractivity contribution in [3.63, 3.8) is 0 Å². The third kappa shape index (κ3) is 6.34. The van der Waals surface area contributed by atoms with Crippen LogP contribution in [0.2, 0.25) is 0 Å². The molecule has 0 atom stereocenters. The molecule has 0 saturated carbocycles. The Morgan fingerprint density at radius 3 is 1.79 bits per heavy atom. The summed E-state index contributed by atoms with van der Waals surface area (Å²) in [6.45, 7) is 6.23. The number of aromatic nitrogens is 2. The smallest absolute Gasteiger partial charge is 0.0702 e. The minimum absolute atomic E-state index is 0.919. The van der Waals surface area contributed by atoms with Crippen molar-refractivity contribution in [3.8, 4) is 39.2 Å². The van der Waals surface area contributed by atoms with E-state index in [-0.39, 0.29) is 0 Å². The third-order valence-electron chi connectivity index (χ3n) is 10.1. The van der Waals surface area contributed by atoms with Gasteiger partial charge in [-0.2, -0.15) is 0 Å². The highest BCUT2D eigenvalue weighted by Crippen LogP contribution is 2.43. The van der Waals surface area contributed by atoms with E-state index in [0.29, 0.717) is 0 Å². The summed E-state index contributed by atoms with van der Waals surface area (Å²) in [6.07, 6.45) is 18.2. The van der Waals surface area contributed by atoms with Gasteiger partial charge < -0.3 is 4.57 Å². The molecule has 0 saturated heterocycles. The van der Waals surface area contributed by atoms with Crippen molar-refractivity contribution in [1.29, 1.82) is 0 Å². The number of benzene rings is 6. The van der Waals surface area contributed by atoms with Crippen molar-refractivity contribution in [2.75, 3.05) is 0 Å². The lowest BCUT2D eigenvalue weighted by molar-refractivity contribution is 1.10. The first-order valence-corrected chi connectivity index (χ1v) is 18.6. The third-order valence-corrected chi connectivity index (χ3v) is 10.1. The van der Waals surface area contributed by atoms with Gasteiger partial charge in [-0.3, -0.25) is 4.98 Å². The molecule has 8 aromatic rings. The van der Waals surface area contributed by atoms with Gasteiger partial charge in [0.1, 0.15) is 0 Å². The molecule has 256 valence electrons. The van der Waals surface area contributed by atoms with Crippen molar-refractivity contribution < 1.29 is 0 Å². The molecule has 0 unspecified atom stereocenters.